The number of carbonyl (C=O) groups excluding carboxylic acids is 2. The largest absolute Gasteiger partial charge is 0.343 e. The number of Topliss-reactive ketones (excluding diaryl/α,β-unsaturated/α-hetero) is 1. The zero-order chi connectivity index (χ0) is 21.5. The third kappa shape index (κ3) is 3.24. The summed E-state index contributed by atoms with van der Waals surface area (Å²) in [5.41, 5.74) is 6.02. The van der Waals surface area contributed by atoms with E-state index in [1.54, 1.807) is 10.9 Å². The lowest BCUT2D eigenvalue weighted by Gasteiger charge is -2.34. The standard InChI is InChI=1S/C25H24N4O2/c1-15-8-3-5-10-17(15)23-22-20(12-7-13-21(22)30)27-24-18(14-26-29(23)24)25(31)28-19-11-6-4-9-16(19)2/h3-6,8-11,14,23,27H,7,12-13H2,1-2H3,(H,28,31). The first-order valence-corrected chi connectivity index (χ1v) is 10.6. The number of nitrogens with zero attached hydrogens (tertiary/aromatic N) is 2. The molecule has 0 saturated heterocycles. The van der Waals surface area contributed by atoms with Crippen molar-refractivity contribution in [2.75, 3.05) is 10.6 Å². The Morgan fingerprint density at radius 3 is 2.58 bits per heavy atom. The molecule has 0 spiro atoms. The Balaban J connectivity index is 1.60. The number of nitrogens with one attached hydrogen (secondary N) is 2. The van der Waals surface area contributed by atoms with Crippen LogP contribution in [0.3, 0.4) is 0 Å². The fourth-order valence-electron chi connectivity index (χ4n) is 4.51. The van der Waals surface area contributed by atoms with E-state index in [2.05, 4.69) is 15.7 Å². The highest BCUT2D eigenvalue weighted by atomic mass is 16.1. The number of amides is 1. The Hall–Kier alpha value is -3.67. The summed E-state index contributed by atoms with van der Waals surface area (Å²) >= 11 is 0. The van der Waals surface area contributed by atoms with E-state index >= 15 is 0 Å². The second-order valence-electron chi connectivity index (χ2n) is 8.17. The average Bonchev–Trinajstić information content (AvgIpc) is 3.18. The number of anilines is 2. The molecular weight excluding hydrogens is 388 g/mol. The van der Waals surface area contributed by atoms with Gasteiger partial charge in [0.2, 0.25) is 0 Å². The van der Waals surface area contributed by atoms with Crippen LogP contribution in [0.1, 0.15) is 52.4 Å². The molecule has 6 nitrogen and oxygen atoms in total. The maximum Gasteiger partial charge on any atom is 0.261 e. The molecule has 6 heteroatoms. The van der Waals surface area contributed by atoms with Gasteiger partial charge in [-0.25, -0.2) is 4.68 Å². The molecule has 1 aliphatic carbocycles. The Labute approximate surface area is 181 Å². The summed E-state index contributed by atoms with van der Waals surface area (Å²) in [5.74, 6) is 0.555. The van der Waals surface area contributed by atoms with Gasteiger partial charge in [-0.15, -0.1) is 0 Å². The van der Waals surface area contributed by atoms with Gasteiger partial charge in [0, 0.05) is 23.4 Å². The Kier molecular flexibility index (Phi) is 4.70. The van der Waals surface area contributed by atoms with Crippen LogP contribution in [0.4, 0.5) is 11.5 Å². The summed E-state index contributed by atoms with van der Waals surface area (Å²) in [5, 5.41) is 10.9. The minimum atomic E-state index is -0.333. The number of allylic oxidation sites excluding steroid dienone is 2. The molecule has 0 bridgehead atoms. The summed E-state index contributed by atoms with van der Waals surface area (Å²) in [6.07, 6.45) is 3.72. The molecule has 3 aromatic rings. The lowest BCUT2D eigenvalue weighted by molar-refractivity contribution is -0.116. The number of para-hydroxylation sites is 1. The quantitative estimate of drug-likeness (QED) is 0.649. The van der Waals surface area contributed by atoms with Crippen LogP contribution in [0.5, 0.6) is 0 Å². The fraction of sp³-hybridized carbons (Fsp3) is 0.240. The number of aryl methyl sites for hydroxylation is 2. The lowest BCUT2D eigenvalue weighted by atomic mass is 9.84. The summed E-state index contributed by atoms with van der Waals surface area (Å²) in [4.78, 5) is 26.1. The molecule has 2 aliphatic rings. The first-order chi connectivity index (χ1) is 15.0. The van der Waals surface area contributed by atoms with Gasteiger partial charge in [0.05, 0.1) is 6.20 Å². The smallest absolute Gasteiger partial charge is 0.261 e. The predicted octanol–water partition coefficient (Wildman–Crippen LogP) is 4.77. The topological polar surface area (TPSA) is 76.0 Å². The second-order valence-corrected chi connectivity index (χ2v) is 8.17. The molecule has 1 unspecified atom stereocenters. The fourth-order valence-corrected chi connectivity index (χ4v) is 4.51. The number of fused-ring (bicyclic) bond motifs is 1. The molecule has 1 atom stereocenters. The molecule has 1 amide bonds. The van der Waals surface area contributed by atoms with Crippen molar-refractivity contribution < 1.29 is 9.59 Å². The Morgan fingerprint density at radius 1 is 1.06 bits per heavy atom. The first kappa shape index (κ1) is 19.3. The van der Waals surface area contributed by atoms with Crippen molar-refractivity contribution in [3.8, 4) is 0 Å². The highest BCUT2D eigenvalue weighted by molar-refractivity contribution is 6.08. The van der Waals surface area contributed by atoms with Crippen LogP contribution < -0.4 is 10.6 Å². The molecule has 0 saturated carbocycles. The average molecular weight is 412 g/mol. The summed E-state index contributed by atoms with van der Waals surface area (Å²) < 4.78 is 1.79. The first-order valence-electron chi connectivity index (χ1n) is 10.6. The Bertz CT molecular complexity index is 1240. The van der Waals surface area contributed by atoms with Crippen molar-refractivity contribution in [3.05, 3.63) is 88.3 Å². The van der Waals surface area contributed by atoms with Gasteiger partial charge >= 0.3 is 0 Å². The van der Waals surface area contributed by atoms with E-state index in [0.29, 0.717) is 17.8 Å². The van der Waals surface area contributed by atoms with Crippen LogP contribution in [0.2, 0.25) is 0 Å². The van der Waals surface area contributed by atoms with Crippen molar-refractivity contribution in [1.29, 1.82) is 0 Å². The zero-order valence-electron chi connectivity index (χ0n) is 17.6. The second kappa shape index (κ2) is 7.54. The zero-order valence-corrected chi connectivity index (χ0v) is 17.6. The van der Waals surface area contributed by atoms with Crippen molar-refractivity contribution in [1.82, 2.24) is 9.78 Å². The molecule has 2 heterocycles. The predicted molar refractivity (Wildman–Crippen MR) is 120 cm³/mol. The van der Waals surface area contributed by atoms with E-state index in [1.807, 2.05) is 62.4 Å². The monoisotopic (exact) mass is 412 g/mol. The van der Waals surface area contributed by atoms with Crippen molar-refractivity contribution in [3.63, 3.8) is 0 Å². The van der Waals surface area contributed by atoms with Crippen LogP contribution in [0.25, 0.3) is 0 Å². The van der Waals surface area contributed by atoms with Gasteiger partial charge in [-0.3, -0.25) is 9.59 Å². The van der Waals surface area contributed by atoms with Crippen LogP contribution in [0.15, 0.2) is 66.0 Å². The van der Waals surface area contributed by atoms with E-state index in [1.165, 1.54) is 0 Å². The molecule has 1 aliphatic heterocycles. The highest BCUT2D eigenvalue weighted by Gasteiger charge is 2.38. The maximum atomic E-state index is 13.1. The van der Waals surface area contributed by atoms with Crippen LogP contribution in [-0.4, -0.2) is 21.5 Å². The van der Waals surface area contributed by atoms with Crippen LogP contribution in [0, 0.1) is 13.8 Å². The summed E-state index contributed by atoms with van der Waals surface area (Å²) in [6.45, 7) is 4.00. The van der Waals surface area contributed by atoms with Gasteiger partial charge in [-0.2, -0.15) is 5.10 Å². The molecule has 2 N–H and O–H groups in total. The van der Waals surface area contributed by atoms with Crippen LogP contribution in [-0.2, 0) is 4.79 Å². The van der Waals surface area contributed by atoms with E-state index in [0.717, 1.165) is 46.5 Å². The van der Waals surface area contributed by atoms with Crippen molar-refractivity contribution >= 4 is 23.2 Å². The third-order valence-corrected chi connectivity index (χ3v) is 6.16. The number of benzene rings is 2. The third-order valence-electron chi connectivity index (χ3n) is 6.16. The number of hydrogen-bond acceptors (Lipinski definition) is 4. The maximum absolute atomic E-state index is 13.1. The molecule has 5 rings (SSSR count). The number of carbonyl (C=O) groups is 2. The van der Waals surface area contributed by atoms with E-state index in [-0.39, 0.29) is 17.7 Å². The van der Waals surface area contributed by atoms with E-state index in [4.69, 9.17) is 0 Å². The van der Waals surface area contributed by atoms with Crippen molar-refractivity contribution in [2.45, 2.75) is 39.2 Å². The Morgan fingerprint density at radius 2 is 1.81 bits per heavy atom. The molecule has 0 radical (unpaired) electrons. The molecular formula is C25H24N4O2. The van der Waals surface area contributed by atoms with Gasteiger partial charge in [0.1, 0.15) is 17.4 Å². The van der Waals surface area contributed by atoms with Gasteiger partial charge in [0.25, 0.3) is 5.91 Å². The number of hydrogen-bond donors (Lipinski definition) is 2. The van der Waals surface area contributed by atoms with Gasteiger partial charge < -0.3 is 10.6 Å². The molecule has 2 aromatic carbocycles. The number of rotatable bonds is 3. The highest BCUT2D eigenvalue weighted by Crippen LogP contribution is 2.42. The normalized spacial score (nSPS) is 17.6. The minimum Gasteiger partial charge on any atom is -0.343 e. The minimum absolute atomic E-state index is 0.147. The van der Waals surface area contributed by atoms with Gasteiger partial charge in [-0.1, -0.05) is 42.5 Å². The molecule has 1 aromatic heterocycles. The van der Waals surface area contributed by atoms with Crippen molar-refractivity contribution in [2.24, 2.45) is 0 Å². The van der Waals surface area contributed by atoms with Crippen LogP contribution >= 0.6 is 0 Å². The molecule has 31 heavy (non-hydrogen) atoms. The van der Waals surface area contributed by atoms with Gasteiger partial charge in [-0.05, 0) is 49.4 Å². The number of aromatic nitrogens is 2. The summed E-state index contributed by atoms with van der Waals surface area (Å²) in [6, 6.07) is 15.4. The van der Waals surface area contributed by atoms with Gasteiger partial charge in [0.15, 0.2) is 5.78 Å². The van der Waals surface area contributed by atoms with E-state index < -0.39 is 0 Å². The molecule has 0 fully saturated rings. The summed E-state index contributed by atoms with van der Waals surface area (Å²) in [7, 11) is 0. The number of ketones is 1. The lowest BCUT2D eigenvalue weighted by Crippen LogP contribution is -2.32. The van der Waals surface area contributed by atoms with E-state index in [9.17, 15) is 9.59 Å². The SMILES string of the molecule is Cc1ccccc1NC(=O)c1cnn2c1NC1=C(C(=O)CCC1)C2c1ccccc1C. The molecule has 156 valence electrons.